The van der Waals surface area contributed by atoms with Gasteiger partial charge in [0.15, 0.2) is 0 Å². The molecule has 1 aliphatic rings. The van der Waals surface area contributed by atoms with Crippen LogP contribution in [0.3, 0.4) is 0 Å². The summed E-state index contributed by atoms with van der Waals surface area (Å²) < 4.78 is 0. The van der Waals surface area contributed by atoms with Crippen LogP contribution in [0.5, 0.6) is 0 Å². The second-order valence-electron chi connectivity index (χ2n) is 6.02. The lowest BCUT2D eigenvalue weighted by molar-refractivity contribution is 0.0963. The third kappa shape index (κ3) is 3.76. The molecule has 4 heteroatoms. The number of rotatable bonds is 4. The van der Waals surface area contributed by atoms with Crippen molar-refractivity contribution in [1.82, 2.24) is 10.6 Å². The first-order valence-electron chi connectivity index (χ1n) is 7.15. The smallest absolute Gasteiger partial charge is 0.251 e. The molecule has 3 nitrogen and oxygen atoms in total. The first-order chi connectivity index (χ1) is 9.53. The van der Waals surface area contributed by atoms with E-state index in [0.717, 1.165) is 6.54 Å². The largest absolute Gasteiger partial charge is 0.355 e. The molecule has 1 heterocycles. The van der Waals surface area contributed by atoms with Crippen LogP contribution in [-0.4, -0.2) is 30.5 Å². The van der Waals surface area contributed by atoms with E-state index in [1.54, 1.807) is 7.05 Å². The van der Waals surface area contributed by atoms with Gasteiger partial charge in [0.05, 0.1) is 0 Å². The maximum absolute atomic E-state index is 11.5. The van der Waals surface area contributed by atoms with Gasteiger partial charge in [-0.05, 0) is 35.3 Å². The van der Waals surface area contributed by atoms with Gasteiger partial charge in [-0.2, -0.15) is 11.8 Å². The van der Waals surface area contributed by atoms with Crippen LogP contribution in [-0.2, 0) is 6.54 Å². The molecule has 110 valence electrons. The Labute approximate surface area is 125 Å². The second kappa shape index (κ2) is 6.64. The Kier molecular flexibility index (Phi) is 5.11. The lowest BCUT2D eigenvalue weighted by Gasteiger charge is -2.39. The third-order valence-electron chi connectivity index (χ3n) is 4.11. The Morgan fingerprint density at radius 3 is 2.65 bits per heavy atom. The Balaban J connectivity index is 1.92. The lowest BCUT2D eigenvalue weighted by Crippen LogP contribution is -2.46. The van der Waals surface area contributed by atoms with E-state index < -0.39 is 0 Å². The van der Waals surface area contributed by atoms with Crippen LogP contribution in [0.2, 0.25) is 0 Å². The summed E-state index contributed by atoms with van der Waals surface area (Å²) in [6.45, 7) is 5.56. The molecule has 0 aliphatic carbocycles. The van der Waals surface area contributed by atoms with Crippen molar-refractivity contribution in [2.24, 2.45) is 5.41 Å². The topological polar surface area (TPSA) is 41.1 Å². The number of amides is 1. The van der Waals surface area contributed by atoms with Crippen LogP contribution in [0.15, 0.2) is 24.3 Å². The second-order valence-corrected chi connectivity index (χ2v) is 7.17. The van der Waals surface area contributed by atoms with Crippen LogP contribution in [0.25, 0.3) is 0 Å². The Hall–Kier alpha value is -1.00. The van der Waals surface area contributed by atoms with Crippen LogP contribution in [0.4, 0.5) is 0 Å². The molecule has 0 spiro atoms. The van der Waals surface area contributed by atoms with E-state index in [0.29, 0.717) is 17.0 Å². The number of carbonyl (C=O) groups is 1. The van der Waals surface area contributed by atoms with Gasteiger partial charge < -0.3 is 10.6 Å². The number of nitrogens with one attached hydrogen (secondary N) is 2. The molecule has 1 saturated heterocycles. The predicted octanol–water partition coefficient (Wildman–Crippen LogP) is 2.67. The molecule has 0 saturated carbocycles. The minimum absolute atomic E-state index is 0.0330. The minimum atomic E-state index is -0.0330. The van der Waals surface area contributed by atoms with E-state index in [-0.39, 0.29) is 5.91 Å². The standard InChI is InChI=1S/C16H24N2OS/c1-16(2)8-9-20-11-14(16)18-10-12-4-6-13(7-5-12)15(19)17-3/h4-7,14,18H,8-11H2,1-3H3,(H,17,19). The van der Waals surface area contributed by atoms with Gasteiger partial charge >= 0.3 is 0 Å². The molecule has 1 amide bonds. The first-order valence-corrected chi connectivity index (χ1v) is 8.30. The number of carbonyl (C=O) groups excluding carboxylic acids is 1. The van der Waals surface area contributed by atoms with Crippen molar-refractivity contribution in [2.45, 2.75) is 32.9 Å². The van der Waals surface area contributed by atoms with Gasteiger partial charge in [-0.25, -0.2) is 0 Å². The quantitative estimate of drug-likeness (QED) is 0.896. The lowest BCUT2D eigenvalue weighted by atomic mass is 9.82. The van der Waals surface area contributed by atoms with Crippen molar-refractivity contribution in [3.63, 3.8) is 0 Å². The molecule has 1 aromatic carbocycles. The van der Waals surface area contributed by atoms with Crippen LogP contribution in [0.1, 0.15) is 36.2 Å². The molecule has 2 rings (SSSR count). The zero-order valence-corrected chi connectivity index (χ0v) is 13.3. The summed E-state index contributed by atoms with van der Waals surface area (Å²) in [4.78, 5) is 11.5. The average Bonchev–Trinajstić information content (AvgIpc) is 2.45. The van der Waals surface area contributed by atoms with E-state index in [4.69, 9.17) is 0 Å². The fourth-order valence-electron chi connectivity index (χ4n) is 2.43. The number of hydrogen-bond acceptors (Lipinski definition) is 3. The normalized spacial score (nSPS) is 21.4. The zero-order valence-electron chi connectivity index (χ0n) is 12.5. The molecular formula is C16H24N2OS. The van der Waals surface area contributed by atoms with E-state index in [9.17, 15) is 4.79 Å². The van der Waals surface area contributed by atoms with Gasteiger partial charge in [0, 0.05) is 31.0 Å². The van der Waals surface area contributed by atoms with Crippen molar-refractivity contribution in [1.29, 1.82) is 0 Å². The maximum Gasteiger partial charge on any atom is 0.251 e. The zero-order chi connectivity index (χ0) is 14.6. The third-order valence-corrected chi connectivity index (χ3v) is 5.18. The summed E-state index contributed by atoms with van der Waals surface area (Å²) in [6.07, 6.45) is 1.27. The molecule has 1 aromatic rings. The van der Waals surface area contributed by atoms with E-state index in [1.807, 2.05) is 36.0 Å². The summed E-state index contributed by atoms with van der Waals surface area (Å²) in [7, 11) is 1.65. The maximum atomic E-state index is 11.5. The highest BCUT2D eigenvalue weighted by atomic mass is 32.2. The van der Waals surface area contributed by atoms with Crippen LogP contribution in [0, 0.1) is 5.41 Å². The van der Waals surface area contributed by atoms with Crippen molar-refractivity contribution in [2.75, 3.05) is 18.6 Å². The van der Waals surface area contributed by atoms with Crippen molar-refractivity contribution >= 4 is 17.7 Å². The summed E-state index contributed by atoms with van der Waals surface area (Å²) >= 11 is 2.03. The Bertz CT molecular complexity index is 456. The van der Waals surface area contributed by atoms with Gasteiger partial charge in [0.1, 0.15) is 0 Å². The van der Waals surface area contributed by atoms with Gasteiger partial charge in [0.2, 0.25) is 0 Å². The predicted molar refractivity (Wildman–Crippen MR) is 86.2 cm³/mol. The average molecular weight is 292 g/mol. The molecule has 20 heavy (non-hydrogen) atoms. The highest BCUT2D eigenvalue weighted by molar-refractivity contribution is 7.99. The van der Waals surface area contributed by atoms with E-state index in [1.165, 1.54) is 23.5 Å². The Morgan fingerprint density at radius 2 is 2.05 bits per heavy atom. The fourth-order valence-corrected chi connectivity index (χ4v) is 4.07. The van der Waals surface area contributed by atoms with Gasteiger partial charge in [-0.15, -0.1) is 0 Å². The molecule has 0 radical (unpaired) electrons. The summed E-state index contributed by atoms with van der Waals surface area (Å²) in [5, 5.41) is 6.31. The van der Waals surface area contributed by atoms with Crippen molar-refractivity contribution in [3.05, 3.63) is 35.4 Å². The SMILES string of the molecule is CNC(=O)c1ccc(CNC2CSCCC2(C)C)cc1. The molecule has 1 unspecified atom stereocenters. The highest BCUT2D eigenvalue weighted by Crippen LogP contribution is 2.34. The number of thioether (sulfide) groups is 1. The molecule has 1 aliphatic heterocycles. The molecule has 2 N–H and O–H groups in total. The molecule has 0 aromatic heterocycles. The first kappa shape index (κ1) is 15.4. The van der Waals surface area contributed by atoms with Crippen molar-refractivity contribution in [3.8, 4) is 0 Å². The summed E-state index contributed by atoms with van der Waals surface area (Å²) in [6, 6.07) is 8.38. The fraction of sp³-hybridized carbons (Fsp3) is 0.562. The number of hydrogen-bond donors (Lipinski definition) is 2. The molecule has 1 atom stereocenters. The summed E-state index contributed by atoms with van der Waals surface area (Å²) in [5.41, 5.74) is 2.31. The van der Waals surface area contributed by atoms with Crippen LogP contribution < -0.4 is 10.6 Å². The molecule has 0 bridgehead atoms. The van der Waals surface area contributed by atoms with Gasteiger partial charge in [0.25, 0.3) is 5.91 Å². The Morgan fingerprint density at radius 1 is 1.35 bits per heavy atom. The van der Waals surface area contributed by atoms with E-state index >= 15 is 0 Å². The van der Waals surface area contributed by atoms with Crippen LogP contribution >= 0.6 is 11.8 Å². The minimum Gasteiger partial charge on any atom is -0.355 e. The van der Waals surface area contributed by atoms with Gasteiger partial charge in [-0.1, -0.05) is 26.0 Å². The highest BCUT2D eigenvalue weighted by Gasteiger charge is 2.31. The monoisotopic (exact) mass is 292 g/mol. The van der Waals surface area contributed by atoms with Crippen molar-refractivity contribution < 1.29 is 4.79 Å². The summed E-state index contributed by atoms with van der Waals surface area (Å²) in [5.74, 6) is 2.42. The van der Waals surface area contributed by atoms with E-state index in [2.05, 4.69) is 24.5 Å². The van der Waals surface area contributed by atoms with Gasteiger partial charge in [-0.3, -0.25) is 4.79 Å². The molecular weight excluding hydrogens is 268 g/mol. The number of benzene rings is 1. The molecule has 1 fully saturated rings.